The van der Waals surface area contributed by atoms with Gasteiger partial charge in [0.2, 0.25) is 5.91 Å². The molecule has 0 aromatic carbocycles. The van der Waals surface area contributed by atoms with Crippen LogP contribution in [0.1, 0.15) is 44.2 Å². The number of carboxylic acid groups (broad SMARTS) is 1. The van der Waals surface area contributed by atoms with Crippen molar-refractivity contribution in [2.75, 3.05) is 5.73 Å². The van der Waals surface area contributed by atoms with Gasteiger partial charge in [-0.25, -0.2) is 0 Å². The quantitative estimate of drug-likeness (QED) is 0.762. The number of anilines is 1. The molecule has 0 atom stereocenters. The van der Waals surface area contributed by atoms with E-state index in [2.05, 4.69) is 10.3 Å². The number of nitrogen functional groups attached to an aromatic ring is 1. The minimum atomic E-state index is -0.872. The second kappa shape index (κ2) is 6.56. The number of amides is 1. The molecule has 1 aromatic heterocycles. The summed E-state index contributed by atoms with van der Waals surface area (Å²) in [5.41, 5.74) is 6.13. The number of aromatic nitrogens is 1. The molecule has 0 bridgehead atoms. The van der Waals surface area contributed by atoms with E-state index in [0.29, 0.717) is 11.4 Å². The summed E-state index contributed by atoms with van der Waals surface area (Å²) >= 11 is 0. The van der Waals surface area contributed by atoms with Crippen LogP contribution in [0.25, 0.3) is 0 Å². The minimum absolute atomic E-state index is 0.0199. The minimum Gasteiger partial charge on any atom is -0.481 e. The number of hydrogen-bond donors (Lipinski definition) is 3. The van der Waals surface area contributed by atoms with Gasteiger partial charge in [-0.3, -0.25) is 14.6 Å². The molecule has 4 N–H and O–H groups in total. The first-order valence-electron chi connectivity index (χ1n) is 7.22. The number of carboxylic acids is 1. The molecular formula is C15H21N3O3. The molecule has 1 fully saturated rings. The number of hydrogen-bond acceptors (Lipinski definition) is 4. The Bertz CT molecular complexity index is 507. The molecular weight excluding hydrogens is 270 g/mol. The van der Waals surface area contributed by atoms with Gasteiger partial charge in [-0.2, -0.15) is 0 Å². The van der Waals surface area contributed by atoms with Crippen LogP contribution in [-0.4, -0.2) is 27.5 Å². The highest BCUT2D eigenvalue weighted by atomic mass is 16.4. The van der Waals surface area contributed by atoms with E-state index in [9.17, 15) is 9.59 Å². The van der Waals surface area contributed by atoms with Crippen LogP contribution in [0.2, 0.25) is 0 Å². The predicted octanol–water partition coefficient (Wildman–Crippen LogP) is 1.50. The average molecular weight is 291 g/mol. The molecule has 6 nitrogen and oxygen atoms in total. The number of carbonyl (C=O) groups excluding carboxylic acids is 1. The highest BCUT2D eigenvalue weighted by Crippen LogP contribution is 2.31. The summed E-state index contributed by atoms with van der Waals surface area (Å²) in [5, 5.41) is 12.0. The molecule has 1 aliphatic rings. The third kappa shape index (κ3) is 4.44. The molecule has 1 aliphatic carbocycles. The van der Waals surface area contributed by atoms with Crippen molar-refractivity contribution in [2.24, 2.45) is 0 Å². The van der Waals surface area contributed by atoms with Gasteiger partial charge in [-0.1, -0.05) is 19.3 Å². The van der Waals surface area contributed by atoms with Gasteiger partial charge < -0.3 is 16.2 Å². The lowest BCUT2D eigenvalue weighted by Crippen LogP contribution is -2.51. The standard InChI is InChI=1S/C15H21N3O3/c16-11-4-5-12(17-10-11)8-13(19)18-15(9-14(20)21)6-2-1-3-7-15/h4-5,10H,1-3,6-9,16H2,(H,18,19)(H,20,21). The SMILES string of the molecule is Nc1ccc(CC(=O)NC2(CC(=O)O)CCCCC2)nc1. The summed E-state index contributed by atoms with van der Waals surface area (Å²) in [6, 6.07) is 3.41. The van der Waals surface area contributed by atoms with E-state index in [4.69, 9.17) is 10.8 Å². The van der Waals surface area contributed by atoms with Crippen molar-refractivity contribution in [1.29, 1.82) is 0 Å². The number of nitrogens with one attached hydrogen (secondary N) is 1. The number of nitrogens with two attached hydrogens (primary N) is 1. The van der Waals surface area contributed by atoms with Crippen molar-refractivity contribution in [3.8, 4) is 0 Å². The molecule has 1 heterocycles. The maximum absolute atomic E-state index is 12.2. The Kier molecular flexibility index (Phi) is 4.77. The first-order valence-corrected chi connectivity index (χ1v) is 7.22. The molecule has 0 unspecified atom stereocenters. The number of pyridine rings is 1. The Morgan fingerprint density at radius 1 is 1.29 bits per heavy atom. The zero-order chi connectivity index (χ0) is 15.3. The molecule has 1 amide bonds. The van der Waals surface area contributed by atoms with Crippen LogP contribution in [0, 0.1) is 0 Å². The Morgan fingerprint density at radius 2 is 2.00 bits per heavy atom. The lowest BCUT2D eigenvalue weighted by molar-refractivity contribution is -0.139. The maximum Gasteiger partial charge on any atom is 0.305 e. The topological polar surface area (TPSA) is 105 Å². The van der Waals surface area contributed by atoms with Crippen molar-refractivity contribution in [2.45, 2.75) is 50.5 Å². The largest absolute Gasteiger partial charge is 0.481 e. The van der Waals surface area contributed by atoms with Crippen molar-refractivity contribution < 1.29 is 14.7 Å². The maximum atomic E-state index is 12.2. The van der Waals surface area contributed by atoms with Crippen LogP contribution in [-0.2, 0) is 16.0 Å². The van der Waals surface area contributed by atoms with E-state index < -0.39 is 11.5 Å². The summed E-state index contributed by atoms with van der Waals surface area (Å²) in [5.74, 6) is -1.06. The van der Waals surface area contributed by atoms with Gasteiger partial charge in [0.1, 0.15) is 0 Å². The second-order valence-electron chi connectivity index (χ2n) is 5.72. The lowest BCUT2D eigenvalue weighted by Gasteiger charge is -2.37. The molecule has 0 radical (unpaired) electrons. The van der Waals surface area contributed by atoms with E-state index in [1.807, 2.05) is 0 Å². The average Bonchev–Trinajstić information content (AvgIpc) is 2.41. The summed E-state index contributed by atoms with van der Waals surface area (Å²) in [7, 11) is 0. The molecule has 0 saturated heterocycles. The molecule has 6 heteroatoms. The lowest BCUT2D eigenvalue weighted by atomic mass is 9.79. The Hall–Kier alpha value is -2.11. The summed E-state index contributed by atoms with van der Waals surface area (Å²) in [4.78, 5) is 27.3. The molecule has 0 aliphatic heterocycles. The van der Waals surface area contributed by atoms with Crippen LogP contribution >= 0.6 is 0 Å². The van der Waals surface area contributed by atoms with Gasteiger partial charge in [0.05, 0.1) is 30.3 Å². The van der Waals surface area contributed by atoms with Crippen LogP contribution in [0.4, 0.5) is 5.69 Å². The molecule has 1 aromatic rings. The van der Waals surface area contributed by atoms with Crippen molar-refractivity contribution in [1.82, 2.24) is 10.3 Å². The number of nitrogens with zero attached hydrogens (tertiary/aromatic N) is 1. The van der Waals surface area contributed by atoms with Crippen molar-refractivity contribution in [3.63, 3.8) is 0 Å². The van der Waals surface area contributed by atoms with E-state index >= 15 is 0 Å². The van der Waals surface area contributed by atoms with E-state index in [-0.39, 0.29) is 18.7 Å². The highest BCUT2D eigenvalue weighted by Gasteiger charge is 2.35. The van der Waals surface area contributed by atoms with Crippen LogP contribution in [0.3, 0.4) is 0 Å². The zero-order valence-electron chi connectivity index (χ0n) is 12.0. The molecule has 21 heavy (non-hydrogen) atoms. The van der Waals surface area contributed by atoms with E-state index in [0.717, 1.165) is 32.1 Å². The smallest absolute Gasteiger partial charge is 0.305 e. The van der Waals surface area contributed by atoms with Crippen molar-refractivity contribution in [3.05, 3.63) is 24.0 Å². The van der Waals surface area contributed by atoms with E-state index in [1.54, 1.807) is 12.1 Å². The Balaban J connectivity index is 2.00. The monoisotopic (exact) mass is 291 g/mol. The first kappa shape index (κ1) is 15.3. The fourth-order valence-electron chi connectivity index (χ4n) is 2.91. The Morgan fingerprint density at radius 3 is 2.57 bits per heavy atom. The first-order chi connectivity index (χ1) is 9.99. The normalized spacial score (nSPS) is 17.1. The molecule has 2 rings (SSSR count). The Labute approximate surface area is 123 Å². The third-order valence-corrected chi connectivity index (χ3v) is 3.89. The van der Waals surface area contributed by atoms with Gasteiger partial charge in [0.15, 0.2) is 0 Å². The van der Waals surface area contributed by atoms with Gasteiger partial charge in [-0.15, -0.1) is 0 Å². The number of aliphatic carboxylic acids is 1. The van der Waals surface area contributed by atoms with Gasteiger partial charge in [0.25, 0.3) is 0 Å². The van der Waals surface area contributed by atoms with Gasteiger partial charge in [-0.05, 0) is 25.0 Å². The van der Waals surface area contributed by atoms with E-state index in [1.165, 1.54) is 6.20 Å². The number of rotatable bonds is 5. The second-order valence-corrected chi connectivity index (χ2v) is 5.72. The third-order valence-electron chi connectivity index (χ3n) is 3.89. The number of carbonyl (C=O) groups is 2. The molecule has 1 saturated carbocycles. The van der Waals surface area contributed by atoms with Gasteiger partial charge >= 0.3 is 5.97 Å². The molecule has 114 valence electrons. The highest BCUT2D eigenvalue weighted by molar-refractivity contribution is 5.80. The zero-order valence-corrected chi connectivity index (χ0v) is 12.0. The fraction of sp³-hybridized carbons (Fsp3) is 0.533. The summed E-state index contributed by atoms with van der Waals surface area (Å²) in [6.07, 6.45) is 6.07. The molecule has 0 spiro atoms. The van der Waals surface area contributed by atoms with Crippen molar-refractivity contribution >= 4 is 17.6 Å². The summed E-state index contributed by atoms with van der Waals surface area (Å²) < 4.78 is 0. The van der Waals surface area contributed by atoms with Crippen LogP contribution in [0.15, 0.2) is 18.3 Å². The fourth-order valence-corrected chi connectivity index (χ4v) is 2.91. The van der Waals surface area contributed by atoms with Crippen LogP contribution in [0.5, 0.6) is 0 Å². The predicted molar refractivity (Wildman–Crippen MR) is 78.6 cm³/mol. The van der Waals surface area contributed by atoms with Gasteiger partial charge in [0, 0.05) is 5.69 Å². The summed E-state index contributed by atoms with van der Waals surface area (Å²) in [6.45, 7) is 0. The van der Waals surface area contributed by atoms with Crippen LogP contribution < -0.4 is 11.1 Å².